The molecule has 0 atom stereocenters. The Morgan fingerprint density at radius 3 is 2.65 bits per heavy atom. The van der Waals surface area contributed by atoms with Crippen molar-refractivity contribution in [3.05, 3.63) is 54.4 Å². The van der Waals surface area contributed by atoms with Crippen LogP contribution in [-0.4, -0.2) is 62.5 Å². The number of para-hydroxylation sites is 1. The SMILES string of the molecule is CCNC(=NCc1ccccc1-n1ccnc1)N1CCN(c2nc(CC)ns2)CC1.I. The van der Waals surface area contributed by atoms with Gasteiger partial charge in [0.1, 0.15) is 5.82 Å². The van der Waals surface area contributed by atoms with E-state index < -0.39 is 0 Å². The fourth-order valence-corrected chi connectivity index (χ4v) is 4.31. The summed E-state index contributed by atoms with van der Waals surface area (Å²) in [7, 11) is 0. The Kier molecular flexibility index (Phi) is 8.64. The Hall–Kier alpha value is -2.21. The number of anilines is 1. The third-order valence-corrected chi connectivity index (χ3v) is 5.95. The summed E-state index contributed by atoms with van der Waals surface area (Å²) in [6, 6.07) is 8.33. The average molecular weight is 552 g/mol. The normalized spacial score (nSPS) is 14.5. The Bertz CT molecular complexity index is 963. The van der Waals surface area contributed by atoms with Gasteiger partial charge in [0.25, 0.3) is 0 Å². The topological polar surface area (TPSA) is 74.5 Å². The van der Waals surface area contributed by atoms with Crippen molar-refractivity contribution in [2.45, 2.75) is 26.8 Å². The van der Waals surface area contributed by atoms with Gasteiger partial charge in [0.05, 0.1) is 18.6 Å². The lowest BCUT2D eigenvalue weighted by molar-refractivity contribution is 0.372. The lowest BCUT2D eigenvalue weighted by Gasteiger charge is -2.36. The number of nitrogens with zero attached hydrogens (tertiary/aromatic N) is 7. The van der Waals surface area contributed by atoms with Gasteiger partial charge in [-0.05, 0) is 18.6 Å². The number of hydrogen-bond acceptors (Lipinski definition) is 6. The highest BCUT2D eigenvalue weighted by Crippen LogP contribution is 2.20. The first kappa shape index (κ1) is 23.5. The monoisotopic (exact) mass is 552 g/mol. The van der Waals surface area contributed by atoms with E-state index in [1.54, 1.807) is 6.20 Å². The minimum Gasteiger partial charge on any atom is -0.357 e. The summed E-state index contributed by atoms with van der Waals surface area (Å²) in [5.74, 6) is 1.90. The first-order valence-electron chi connectivity index (χ1n) is 10.5. The van der Waals surface area contributed by atoms with E-state index in [-0.39, 0.29) is 24.0 Å². The fraction of sp³-hybridized carbons (Fsp3) is 0.429. The van der Waals surface area contributed by atoms with Crippen LogP contribution in [-0.2, 0) is 13.0 Å². The molecule has 0 unspecified atom stereocenters. The molecule has 0 saturated carbocycles. The first-order chi connectivity index (χ1) is 14.8. The van der Waals surface area contributed by atoms with E-state index in [4.69, 9.17) is 4.99 Å². The van der Waals surface area contributed by atoms with Gasteiger partial charge in [-0.1, -0.05) is 25.1 Å². The second kappa shape index (κ2) is 11.4. The van der Waals surface area contributed by atoms with Crippen LogP contribution in [0.1, 0.15) is 25.2 Å². The molecule has 1 saturated heterocycles. The number of halogens is 1. The van der Waals surface area contributed by atoms with Crippen LogP contribution in [0.4, 0.5) is 5.13 Å². The Balaban J connectivity index is 0.00000272. The quantitative estimate of drug-likeness (QED) is 0.288. The van der Waals surface area contributed by atoms with Gasteiger partial charge in [-0.2, -0.15) is 4.37 Å². The third kappa shape index (κ3) is 5.73. The molecule has 2 aromatic heterocycles. The second-order valence-electron chi connectivity index (χ2n) is 7.09. The molecule has 0 bridgehead atoms. The summed E-state index contributed by atoms with van der Waals surface area (Å²) in [5, 5.41) is 4.49. The number of piperazine rings is 1. The molecule has 31 heavy (non-hydrogen) atoms. The molecule has 10 heteroatoms. The number of imidazole rings is 1. The third-order valence-electron chi connectivity index (χ3n) is 5.13. The van der Waals surface area contributed by atoms with E-state index >= 15 is 0 Å². The summed E-state index contributed by atoms with van der Waals surface area (Å²) in [4.78, 5) is 18.4. The number of aliphatic imine (C=N–C) groups is 1. The molecule has 0 radical (unpaired) electrons. The zero-order valence-corrected chi connectivity index (χ0v) is 21.1. The molecule has 3 heterocycles. The van der Waals surface area contributed by atoms with Crippen molar-refractivity contribution in [2.75, 3.05) is 37.6 Å². The number of nitrogens with one attached hydrogen (secondary N) is 1. The molecule has 0 aliphatic carbocycles. The van der Waals surface area contributed by atoms with E-state index in [0.717, 1.165) is 61.7 Å². The van der Waals surface area contributed by atoms with Crippen LogP contribution in [0.25, 0.3) is 5.69 Å². The lowest BCUT2D eigenvalue weighted by Crippen LogP contribution is -2.52. The van der Waals surface area contributed by atoms with Crippen LogP contribution in [0.15, 0.2) is 48.0 Å². The van der Waals surface area contributed by atoms with Crippen LogP contribution < -0.4 is 10.2 Å². The number of aryl methyl sites for hydroxylation is 1. The van der Waals surface area contributed by atoms with E-state index in [1.807, 2.05) is 23.2 Å². The molecule has 1 N–H and O–H groups in total. The van der Waals surface area contributed by atoms with Gasteiger partial charge < -0.3 is 19.7 Å². The molecule has 0 spiro atoms. The van der Waals surface area contributed by atoms with Gasteiger partial charge >= 0.3 is 0 Å². The van der Waals surface area contributed by atoms with Crippen molar-refractivity contribution < 1.29 is 0 Å². The highest BCUT2D eigenvalue weighted by atomic mass is 127. The highest BCUT2D eigenvalue weighted by Gasteiger charge is 2.22. The van der Waals surface area contributed by atoms with Crippen molar-refractivity contribution in [2.24, 2.45) is 4.99 Å². The Labute approximate surface area is 204 Å². The fourth-order valence-electron chi connectivity index (χ4n) is 3.51. The summed E-state index contributed by atoms with van der Waals surface area (Å²) in [6.07, 6.45) is 6.47. The number of guanidine groups is 1. The maximum absolute atomic E-state index is 4.95. The predicted octanol–water partition coefficient (Wildman–Crippen LogP) is 3.19. The minimum atomic E-state index is 0. The first-order valence-corrected chi connectivity index (χ1v) is 11.2. The van der Waals surface area contributed by atoms with E-state index in [2.05, 4.69) is 61.5 Å². The maximum Gasteiger partial charge on any atom is 0.205 e. The van der Waals surface area contributed by atoms with Gasteiger partial charge in [0.2, 0.25) is 5.13 Å². The van der Waals surface area contributed by atoms with E-state index in [1.165, 1.54) is 17.1 Å². The standard InChI is InChI=1S/C21H28N8S.HI/c1-3-19-25-21(30-26-19)28-13-11-27(12-14-28)20(23-4-2)24-15-17-7-5-6-8-18(17)29-10-9-22-16-29;/h5-10,16H,3-4,11-15H2,1-2H3,(H,23,24);1H. The molecule has 8 nitrogen and oxygen atoms in total. The molecule has 1 aromatic carbocycles. The van der Waals surface area contributed by atoms with Crippen LogP contribution >= 0.6 is 35.5 Å². The Morgan fingerprint density at radius 1 is 1.16 bits per heavy atom. The zero-order valence-electron chi connectivity index (χ0n) is 17.9. The maximum atomic E-state index is 4.95. The molecule has 4 rings (SSSR count). The van der Waals surface area contributed by atoms with Gasteiger partial charge in [-0.15, -0.1) is 24.0 Å². The predicted molar refractivity (Wildman–Crippen MR) is 137 cm³/mol. The number of aromatic nitrogens is 4. The van der Waals surface area contributed by atoms with Crippen molar-refractivity contribution in [3.8, 4) is 5.69 Å². The van der Waals surface area contributed by atoms with Crippen LogP contribution in [0.2, 0.25) is 0 Å². The summed E-state index contributed by atoms with van der Waals surface area (Å²) in [5.41, 5.74) is 2.29. The highest BCUT2D eigenvalue weighted by molar-refractivity contribution is 14.0. The molecule has 1 fully saturated rings. The number of rotatable bonds is 6. The van der Waals surface area contributed by atoms with Gasteiger partial charge in [-0.3, -0.25) is 0 Å². The zero-order chi connectivity index (χ0) is 20.8. The van der Waals surface area contributed by atoms with Gasteiger partial charge in [0, 0.05) is 63.1 Å². The molecule has 1 aliphatic heterocycles. The minimum absolute atomic E-state index is 0. The van der Waals surface area contributed by atoms with Crippen LogP contribution in [0.5, 0.6) is 0 Å². The van der Waals surface area contributed by atoms with Crippen LogP contribution in [0.3, 0.4) is 0 Å². The molecule has 0 amide bonds. The van der Waals surface area contributed by atoms with E-state index in [9.17, 15) is 0 Å². The second-order valence-corrected chi connectivity index (χ2v) is 7.82. The van der Waals surface area contributed by atoms with E-state index in [0.29, 0.717) is 6.54 Å². The smallest absolute Gasteiger partial charge is 0.205 e. The Morgan fingerprint density at radius 2 is 1.97 bits per heavy atom. The summed E-state index contributed by atoms with van der Waals surface area (Å²) >= 11 is 1.50. The summed E-state index contributed by atoms with van der Waals surface area (Å²) < 4.78 is 6.45. The van der Waals surface area contributed by atoms with Gasteiger partial charge in [0.15, 0.2) is 5.96 Å². The molecular weight excluding hydrogens is 523 g/mol. The molecule has 166 valence electrons. The molecular formula is C21H29IN8S. The summed E-state index contributed by atoms with van der Waals surface area (Å²) in [6.45, 7) is 9.34. The van der Waals surface area contributed by atoms with Crippen molar-refractivity contribution >= 4 is 46.6 Å². The largest absolute Gasteiger partial charge is 0.357 e. The van der Waals surface area contributed by atoms with Crippen molar-refractivity contribution in [1.29, 1.82) is 0 Å². The van der Waals surface area contributed by atoms with Crippen molar-refractivity contribution in [1.82, 2.24) is 29.1 Å². The van der Waals surface area contributed by atoms with Crippen LogP contribution in [0, 0.1) is 0 Å². The number of hydrogen-bond donors (Lipinski definition) is 1. The molecule has 3 aromatic rings. The lowest BCUT2D eigenvalue weighted by atomic mass is 10.2. The number of benzene rings is 1. The van der Waals surface area contributed by atoms with Gasteiger partial charge in [-0.25, -0.2) is 15.0 Å². The van der Waals surface area contributed by atoms with Crippen molar-refractivity contribution in [3.63, 3.8) is 0 Å². The average Bonchev–Trinajstić information content (AvgIpc) is 3.49. The molecule has 1 aliphatic rings.